The van der Waals surface area contributed by atoms with Gasteiger partial charge in [0.15, 0.2) is 0 Å². The zero-order valence-electron chi connectivity index (χ0n) is 9.85. The molecule has 1 fully saturated rings. The quantitative estimate of drug-likeness (QED) is 0.768. The van der Waals surface area contributed by atoms with E-state index < -0.39 is 0 Å². The van der Waals surface area contributed by atoms with Crippen molar-refractivity contribution in [3.05, 3.63) is 24.4 Å². The third-order valence-electron chi connectivity index (χ3n) is 3.52. The summed E-state index contributed by atoms with van der Waals surface area (Å²) in [5.74, 6) is 0. The van der Waals surface area contributed by atoms with Gasteiger partial charge in [0.2, 0.25) is 0 Å². The van der Waals surface area contributed by atoms with E-state index in [1.807, 2.05) is 6.20 Å². The van der Waals surface area contributed by atoms with Crippen LogP contribution in [0, 0.1) is 0 Å². The molecule has 2 aromatic rings. The molecule has 3 nitrogen and oxygen atoms in total. The van der Waals surface area contributed by atoms with E-state index in [0.29, 0.717) is 6.04 Å². The molecule has 0 atom stereocenters. The lowest BCUT2D eigenvalue weighted by Gasteiger charge is -2.26. The summed E-state index contributed by atoms with van der Waals surface area (Å²) >= 11 is 0. The standard InChI is InChI=1S/C13H17N3/c1-15(2)12-7-6-10-9-14-16(13(10)8-12)11-4-3-5-11/h6-9,11H,3-5H2,1-2H3. The Morgan fingerprint density at radius 1 is 1.31 bits per heavy atom. The first kappa shape index (κ1) is 9.70. The number of rotatable bonds is 2. The molecule has 0 N–H and O–H groups in total. The monoisotopic (exact) mass is 215 g/mol. The lowest BCUT2D eigenvalue weighted by molar-refractivity contribution is 0.297. The van der Waals surface area contributed by atoms with Crippen molar-refractivity contribution in [2.45, 2.75) is 25.3 Å². The Morgan fingerprint density at radius 2 is 2.12 bits per heavy atom. The maximum absolute atomic E-state index is 4.52. The highest BCUT2D eigenvalue weighted by atomic mass is 15.3. The van der Waals surface area contributed by atoms with Crippen molar-refractivity contribution in [1.29, 1.82) is 0 Å². The number of benzene rings is 1. The summed E-state index contributed by atoms with van der Waals surface area (Å²) in [6.07, 6.45) is 5.89. The largest absolute Gasteiger partial charge is 0.378 e. The molecule has 0 aliphatic heterocycles. The normalized spacial score (nSPS) is 16.4. The van der Waals surface area contributed by atoms with Crippen LogP contribution in [0.25, 0.3) is 10.9 Å². The molecule has 0 amide bonds. The zero-order chi connectivity index (χ0) is 11.1. The average Bonchev–Trinajstić information content (AvgIpc) is 2.59. The smallest absolute Gasteiger partial charge is 0.0706 e. The third kappa shape index (κ3) is 1.39. The van der Waals surface area contributed by atoms with Gasteiger partial charge in [0.25, 0.3) is 0 Å². The van der Waals surface area contributed by atoms with Crippen LogP contribution < -0.4 is 4.90 Å². The van der Waals surface area contributed by atoms with Crippen molar-refractivity contribution in [2.75, 3.05) is 19.0 Å². The summed E-state index contributed by atoms with van der Waals surface area (Å²) in [7, 11) is 4.15. The Labute approximate surface area is 95.7 Å². The van der Waals surface area contributed by atoms with E-state index in [1.54, 1.807) is 0 Å². The van der Waals surface area contributed by atoms with E-state index >= 15 is 0 Å². The van der Waals surface area contributed by atoms with E-state index in [4.69, 9.17) is 0 Å². The maximum Gasteiger partial charge on any atom is 0.0706 e. The molecule has 0 spiro atoms. The Kier molecular flexibility index (Phi) is 2.13. The Hall–Kier alpha value is -1.51. The summed E-state index contributed by atoms with van der Waals surface area (Å²) in [4.78, 5) is 2.14. The van der Waals surface area contributed by atoms with Crippen molar-refractivity contribution < 1.29 is 0 Å². The van der Waals surface area contributed by atoms with Gasteiger partial charge in [-0.1, -0.05) is 0 Å². The highest BCUT2D eigenvalue weighted by Crippen LogP contribution is 2.34. The van der Waals surface area contributed by atoms with Gasteiger partial charge in [0.05, 0.1) is 17.8 Å². The first-order chi connectivity index (χ1) is 7.75. The summed E-state index contributed by atoms with van der Waals surface area (Å²) in [6.45, 7) is 0. The van der Waals surface area contributed by atoms with Crippen molar-refractivity contribution in [1.82, 2.24) is 9.78 Å². The fourth-order valence-corrected chi connectivity index (χ4v) is 2.23. The second-order valence-corrected chi connectivity index (χ2v) is 4.81. The molecule has 1 heterocycles. The Bertz CT molecular complexity index is 509. The van der Waals surface area contributed by atoms with E-state index in [0.717, 1.165) is 0 Å². The molecule has 16 heavy (non-hydrogen) atoms. The van der Waals surface area contributed by atoms with Crippen LogP contribution >= 0.6 is 0 Å². The van der Waals surface area contributed by atoms with Gasteiger partial charge >= 0.3 is 0 Å². The average molecular weight is 215 g/mol. The minimum Gasteiger partial charge on any atom is -0.378 e. The first-order valence-electron chi connectivity index (χ1n) is 5.90. The van der Waals surface area contributed by atoms with Gasteiger partial charge in [0.1, 0.15) is 0 Å². The molecule has 3 rings (SSSR count). The maximum atomic E-state index is 4.52. The topological polar surface area (TPSA) is 21.1 Å². The predicted molar refractivity (Wildman–Crippen MR) is 66.9 cm³/mol. The molecule has 1 aromatic carbocycles. The van der Waals surface area contributed by atoms with Gasteiger partial charge in [-0.3, -0.25) is 4.68 Å². The molecule has 0 unspecified atom stereocenters. The Morgan fingerprint density at radius 3 is 2.75 bits per heavy atom. The number of fused-ring (bicyclic) bond motifs is 1. The molecule has 1 aliphatic rings. The molecule has 1 aliphatic carbocycles. The third-order valence-corrected chi connectivity index (χ3v) is 3.52. The van der Waals surface area contributed by atoms with Gasteiger partial charge in [0, 0.05) is 25.2 Å². The summed E-state index contributed by atoms with van der Waals surface area (Å²) in [5, 5.41) is 5.76. The van der Waals surface area contributed by atoms with Crippen LogP contribution in [0.5, 0.6) is 0 Å². The summed E-state index contributed by atoms with van der Waals surface area (Å²) in [6, 6.07) is 7.18. The van der Waals surface area contributed by atoms with Crippen LogP contribution in [-0.2, 0) is 0 Å². The molecule has 0 bridgehead atoms. The van der Waals surface area contributed by atoms with Gasteiger partial charge in [-0.05, 0) is 37.5 Å². The lowest BCUT2D eigenvalue weighted by atomic mass is 9.93. The lowest BCUT2D eigenvalue weighted by Crippen LogP contribution is -2.18. The van der Waals surface area contributed by atoms with Crippen LogP contribution in [0.3, 0.4) is 0 Å². The van der Waals surface area contributed by atoms with Crippen LogP contribution in [-0.4, -0.2) is 23.9 Å². The van der Waals surface area contributed by atoms with E-state index in [2.05, 4.69) is 47.0 Å². The number of hydrogen-bond donors (Lipinski definition) is 0. The zero-order valence-corrected chi connectivity index (χ0v) is 9.85. The molecular weight excluding hydrogens is 198 g/mol. The molecule has 0 radical (unpaired) electrons. The number of aromatic nitrogens is 2. The molecule has 1 aromatic heterocycles. The fourth-order valence-electron chi connectivity index (χ4n) is 2.23. The van der Waals surface area contributed by atoms with Crippen molar-refractivity contribution in [2.24, 2.45) is 0 Å². The van der Waals surface area contributed by atoms with E-state index in [1.165, 1.54) is 35.9 Å². The van der Waals surface area contributed by atoms with Gasteiger partial charge in [-0.25, -0.2) is 0 Å². The molecule has 3 heteroatoms. The number of hydrogen-bond acceptors (Lipinski definition) is 2. The van der Waals surface area contributed by atoms with Crippen LogP contribution in [0.2, 0.25) is 0 Å². The summed E-state index contributed by atoms with van der Waals surface area (Å²) in [5.41, 5.74) is 2.52. The number of nitrogens with zero attached hydrogens (tertiary/aromatic N) is 3. The van der Waals surface area contributed by atoms with Crippen molar-refractivity contribution >= 4 is 16.6 Å². The van der Waals surface area contributed by atoms with Crippen LogP contribution in [0.4, 0.5) is 5.69 Å². The minimum absolute atomic E-state index is 0.634. The van der Waals surface area contributed by atoms with Crippen molar-refractivity contribution in [3.63, 3.8) is 0 Å². The predicted octanol–water partition coefficient (Wildman–Crippen LogP) is 2.83. The number of anilines is 1. The summed E-state index contributed by atoms with van der Waals surface area (Å²) < 4.78 is 2.20. The fraction of sp³-hybridized carbons (Fsp3) is 0.462. The Balaban J connectivity index is 2.11. The van der Waals surface area contributed by atoms with E-state index in [-0.39, 0.29) is 0 Å². The van der Waals surface area contributed by atoms with Gasteiger partial charge in [-0.15, -0.1) is 0 Å². The second kappa shape index (κ2) is 3.51. The molecule has 84 valence electrons. The van der Waals surface area contributed by atoms with Crippen molar-refractivity contribution in [3.8, 4) is 0 Å². The van der Waals surface area contributed by atoms with E-state index in [9.17, 15) is 0 Å². The first-order valence-corrected chi connectivity index (χ1v) is 5.90. The second-order valence-electron chi connectivity index (χ2n) is 4.81. The van der Waals surface area contributed by atoms with Gasteiger partial charge < -0.3 is 4.90 Å². The highest BCUT2D eigenvalue weighted by Gasteiger charge is 2.21. The minimum atomic E-state index is 0.634. The molecule has 0 saturated heterocycles. The SMILES string of the molecule is CN(C)c1ccc2cnn(C3CCC3)c2c1. The van der Waals surface area contributed by atoms with Crippen LogP contribution in [0.1, 0.15) is 25.3 Å². The van der Waals surface area contributed by atoms with Gasteiger partial charge in [-0.2, -0.15) is 5.10 Å². The highest BCUT2D eigenvalue weighted by molar-refractivity contribution is 5.82. The molecular formula is C13H17N3. The van der Waals surface area contributed by atoms with Crippen LogP contribution in [0.15, 0.2) is 24.4 Å². The molecule has 1 saturated carbocycles.